The average molecular weight is 315 g/mol. The van der Waals surface area contributed by atoms with Crippen LogP contribution in [0.15, 0.2) is 48.5 Å². The highest BCUT2D eigenvalue weighted by Crippen LogP contribution is 2.16. The van der Waals surface area contributed by atoms with Crippen molar-refractivity contribution in [3.63, 3.8) is 0 Å². The molecule has 0 aliphatic heterocycles. The van der Waals surface area contributed by atoms with Crippen molar-refractivity contribution >= 4 is 5.97 Å². The SMILES string of the molecule is COc1cccc(CCOc2ccc(C[C@H](N)C(=O)O)cc2)c1. The number of carbonyl (C=O) groups is 1. The number of aliphatic carboxylic acids is 1. The van der Waals surface area contributed by atoms with Gasteiger partial charge in [0.15, 0.2) is 0 Å². The molecule has 0 saturated heterocycles. The van der Waals surface area contributed by atoms with Crippen molar-refractivity contribution in [1.29, 1.82) is 0 Å². The van der Waals surface area contributed by atoms with Crippen LogP contribution in [0.25, 0.3) is 0 Å². The van der Waals surface area contributed by atoms with Crippen molar-refractivity contribution in [3.05, 3.63) is 59.7 Å². The van der Waals surface area contributed by atoms with E-state index >= 15 is 0 Å². The van der Waals surface area contributed by atoms with Gasteiger partial charge < -0.3 is 20.3 Å². The number of carboxylic acids is 1. The second-order valence-corrected chi connectivity index (χ2v) is 5.24. The lowest BCUT2D eigenvalue weighted by atomic mass is 10.1. The molecule has 0 saturated carbocycles. The van der Waals surface area contributed by atoms with Crippen LogP contribution in [0.3, 0.4) is 0 Å². The lowest BCUT2D eigenvalue weighted by Gasteiger charge is -2.09. The number of rotatable bonds is 8. The summed E-state index contributed by atoms with van der Waals surface area (Å²) < 4.78 is 10.9. The number of nitrogens with two attached hydrogens (primary N) is 1. The van der Waals surface area contributed by atoms with Crippen molar-refractivity contribution in [2.45, 2.75) is 18.9 Å². The summed E-state index contributed by atoms with van der Waals surface area (Å²) >= 11 is 0. The summed E-state index contributed by atoms with van der Waals surface area (Å²) in [4.78, 5) is 10.7. The highest BCUT2D eigenvalue weighted by Gasteiger charge is 2.11. The monoisotopic (exact) mass is 315 g/mol. The molecule has 0 fully saturated rings. The van der Waals surface area contributed by atoms with Crippen LogP contribution in [0.4, 0.5) is 0 Å². The van der Waals surface area contributed by atoms with Gasteiger partial charge in [-0.3, -0.25) is 4.79 Å². The maximum Gasteiger partial charge on any atom is 0.320 e. The fourth-order valence-corrected chi connectivity index (χ4v) is 2.18. The van der Waals surface area contributed by atoms with Gasteiger partial charge >= 0.3 is 5.97 Å². The molecule has 0 bridgehead atoms. The second-order valence-electron chi connectivity index (χ2n) is 5.24. The molecule has 0 aromatic heterocycles. The van der Waals surface area contributed by atoms with E-state index in [4.69, 9.17) is 20.3 Å². The first-order valence-corrected chi connectivity index (χ1v) is 7.41. The molecule has 2 aromatic carbocycles. The molecule has 5 nitrogen and oxygen atoms in total. The maximum atomic E-state index is 10.7. The van der Waals surface area contributed by atoms with Gasteiger partial charge in [0, 0.05) is 6.42 Å². The first-order chi connectivity index (χ1) is 11.1. The molecule has 0 spiro atoms. The van der Waals surface area contributed by atoms with E-state index in [0.717, 1.165) is 29.0 Å². The van der Waals surface area contributed by atoms with Crippen LogP contribution in [0.2, 0.25) is 0 Å². The highest BCUT2D eigenvalue weighted by atomic mass is 16.5. The molecule has 1 atom stereocenters. The van der Waals surface area contributed by atoms with E-state index in [1.54, 1.807) is 7.11 Å². The molecule has 0 unspecified atom stereocenters. The van der Waals surface area contributed by atoms with Gasteiger partial charge in [-0.1, -0.05) is 24.3 Å². The van der Waals surface area contributed by atoms with Gasteiger partial charge in [-0.15, -0.1) is 0 Å². The van der Waals surface area contributed by atoms with Crippen molar-refractivity contribution in [3.8, 4) is 11.5 Å². The van der Waals surface area contributed by atoms with Gasteiger partial charge in [0.1, 0.15) is 17.5 Å². The summed E-state index contributed by atoms with van der Waals surface area (Å²) in [5, 5.41) is 8.80. The van der Waals surface area contributed by atoms with Gasteiger partial charge in [-0.05, 0) is 41.8 Å². The zero-order valence-electron chi connectivity index (χ0n) is 13.1. The van der Waals surface area contributed by atoms with Gasteiger partial charge in [0.05, 0.1) is 13.7 Å². The topological polar surface area (TPSA) is 81.8 Å². The number of hydrogen-bond acceptors (Lipinski definition) is 4. The lowest BCUT2D eigenvalue weighted by Crippen LogP contribution is -2.32. The molecular formula is C18H21NO4. The Bertz CT molecular complexity index is 640. The number of methoxy groups -OCH3 is 1. The Morgan fingerprint density at radius 2 is 1.87 bits per heavy atom. The average Bonchev–Trinajstić information content (AvgIpc) is 2.56. The largest absolute Gasteiger partial charge is 0.497 e. The number of benzene rings is 2. The van der Waals surface area contributed by atoms with Gasteiger partial charge in [0.2, 0.25) is 0 Å². The minimum absolute atomic E-state index is 0.305. The third kappa shape index (κ3) is 5.30. The Hall–Kier alpha value is -2.53. The van der Waals surface area contributed by atoms with Crippen LogP contribution in [0.1, 0.15) is 11.1 Å². The third-order valence-corrected chi connectivity index (χ3v) is 3.49. The molecule has 2 aromatic rings. The predicted octanol–water partition coefficient (Wildman–Crippen LogP) is 2.27. The van der Waals surface area contributed by atoms with Crippen molar-refractivity contribution in [1.82, 2.24) is 0 Å². The van der Waals surface area contributed by atoms with E-state index in [-0.39, 0.29) is 0 Å². The van der Waals surface area contributed by atoms with Crippen LogP contribution in [-0.2, 0) is 17.6 Å². The number of ether oxygens (including phenoxy) is 2. The molecule has 122 valence electrons. The summed E-state index contributed by atoms with van der Waals surface area (Å²) in [7, 11) is 1.65. The number of carboxylic acid groups (broad SMARTS) is 1. The van der Waals surface area contributed by atoms with E-state index in [0.29, 0.717) is 13.0 Å². The van der Waals surface area contributed by atoms with Crippen LogP contribution < -0.4 is 15.2 Å². The fourth-order valence-electron chi connectivity index (χ4n) is 2.18. The Labute approximate surface area is 135 Å². The number of hydrogen-bond donors (Lipinski definition) is 2. The van der Waals surface area contributed by atoms with Crippen LogP contribution in [0, 0.1) is 0 Å². The Morgan fingerprint density at radius 3 is 2.52 bits per heavy atom. The second kappa shape index (κ2) is 8.19. The smallest absolute Gasteiger partial charge is 0.320 e. The first-order valence-electron chi connectivity index (χ1n) is 7.41. The van der Waals surface area contributed by atoms with Crippen LogP contribution >= 0.6 is 0 Å². The fraction of sp³-hybridized carbons (Fsp3) is 0.278. The molecule has 0 aliphatic rings. The summed E-state index contributed by atoms with van der Waals surface area (Å²) in [5.74, 6) is 0.589. The molecule has 0 radical (unpaired) electrons. The zero-order valence-corrected chi connectivity index (χ0v) is 13.1. The molecule has 0 amide bonds. The molecule has 5 heteroatoms. The van der Waals surface area contributed by atoms with Crippen molar-refractivity contribution in [2.75, 3.05) is 13.7 Å². The zero-order chi connectivity index (χ0) is 16.7. The quantitative estimate of drug-likeness (QED) is 0.781. The van der Waals surface area contributed by atoms with E-state index in [9.17, 15) is 4.79 Å². The van der Waals surface area contributed by atoms with Crippen molar-refractivity contribution in [2.24, 2.45) is 5.73 Å². The van der Waals surface area contributed by atoms with E-state index in [2.05, 4.69) is 0 Å². The molecule has 3 N–H and O–H groups in total. The highest BCUT2D eigenvalue weighted by molar-refractivity contribution is 5.73. The maximum absolute atomic E-state index is 10.7. The minimum Gasteiger partial charge on any atom is -0.497 e. The minimum atomic E-state index is -0.997. The molecule has 0 aliphatic carbocycles. The summed E-state index contributed by atoms with van der Waals surface area (Å²) in [6, 6.07) is 14.3. The standard InChI is InChI=1S/C18H21NO4/c1-22-16-4-2-3-13(11-16)9-10-23-15-7-5-14(6-8-15)12-17(19)18(20)21/h2-8,11,17H,9-10,12,19H2,1H3,(H,20,21)/t17-/m0/s1. The van der Waals surface area contributed by atoms with Gasteiger partial charge in [0.25, 0.3) is 0 Å². The van der Waals surface area contributed by atoms with Gasteiger partial charge in [-0.2, -0.15) is 0 Å². The normalized spacial score (nSPS) is 11.7. The summed E-state index contributed by atoms with van der Waals surface area (Å²) in [6.45, 7) is 0.557. The first kappa shape index (κ1) is 16.8. The van der Waals surface area contributed by atoms with E-state index in [1.165, 1.54) is 0 Å². The Kier molecular flexibility index (Phi) is 6.00. The summed E-state index contributed by atoms with van der Waals surface area (Å²) in [6.07, 6.45) is 1.09. The molecule has 2 rings (SSSR count). The predicted molar refractivity (Wildman–Crippen MR) is 88.0 cm³/mol. The molecule has 0 heterocycles. The van der Waals surface area contributed by atoms with E-state index < -0.39 is 12.0 Å². The van der Waals surface area contributed by atoms with Crippen molar-refractivity contribution < 1.29 is 19.4 Å². The third-order valence-electron chi connectivity index (χ3n) is 3.49. The van der Waals surface area contributed by atoms with E-state index in [1.807, 2.05) is 48.5 Å². The van der Waals surface area contributed by atoms with Crippen LogP contribution in [0.5, 0.6) is 11.5 Å². The molecule has 23 heavy (non-hydrogen) atoms. The Morgan fingerprint density at radius 1 is 1.13 bits per heavy atom. The Balaban J connectivity index is 1.83. The van der Waals surface area contributed by atoms with Gasteiger partial charge in [-0.25, -0.2) is 0 Å². The van der Waals surface area contributed by atoms with Crippen LogP contribution in [-0.4, -0.2) is 30.8 Å². The lowest BCUT2D eigenvalue weighted by molar-refractivity contribution is -0.138. The molecular weight excluding hydrogens is 294 g/mol. The summed E-state index contributed by atoms with van der Waals surface area (Å²) in [5.41, 5.74) is 7.54.